The van der Waals surface area contributed by atoms with E-state index in [2.05, 4.69) is 15.4 Å². The molecule has 2 atom stereocenters. The second-order valence-corrected chi connectivity index (χ2v) is 8.23. The van der Waals surface area contributed by atoms with Gasteiger partial charge >= 0.3 is 12.2 Å². The maximum atomic E-state index is 13.0. The van der Waals surface area contributed by atoms with Gasteiger partial charge in [-0.05, 0) is 31.0 Å². The van der Waals surface area contributed by atoms with Crippen molar-refractivity contribution in [2.45, 2.75) is 32.1 Å². The van der Waals surface area contributed by atoms with E-state index in [4.69, 9.17) is 4.74 Å². The summed E-state index contributed by atoms with van der Waals surface area (Å²) in [5.41, 5.74) is 1.87. The van der Waals surface area contributed by atoms with Crippen LogP contribution in [0.4, 0.5) is 18.0 Å². The van der Waals surface area contributed by atoms with E-state index in [0.717, 1.165) is 23.4 Å². The molecule has 34 heavy (non-hydrogen) atoms. The Balaban J connectivity index is 1.52. The number of morpholine rings is 1. The molecule has 1 saturated heterocycles. The number of nitrogens with one attached hydrogen (secondary N) is 1. The van der Waals surface area contributed by atoms with Gasteiger partial charge in [0.2, 0.25) is 5.91 Å². The molecule has 4 rings (SSSR count). The maximum Gasteiger partial charge on any atom is 0.433 e. The van der Waals surface area contributed by atoms with E-state index >= 15 is 0 Å². The van der Waals surface area contributed by atoms with Crippen molar-refractivity contribution >= 4 is 17.6 Å². The van der Waals surface area contributed by atoms with Crippen LogP contribution in [0.1, 0.15) is 35.3 Å². The third kappa shape index (κ3) is 5.04. The van der Waals surface area contributed by atoms with E-state index in [1.165, 1.54) is 11.1 Å². The number of aromatic nitrogens is 1. The lowest BCUT2D eigenvalue weighted by atomic mass is 10.0. The fraction of sp³-hybridized carbons (Fsp3) is 0.391. The van der Waals surface area contributed by atoms with E-state index in [9.17, 15) is 22.8 Å². The maximum absolute atomic E-state index is 13.0. The fourth-order valence-electron chi connectivity index (χ4n) is 3.87. The van der Waals surface area contributed by atoms with Gasteiger partial charge in [0.15, 0.2) is 0 Å². The molecule has 0 bridgehead atoms. The van der Waals surface area contributed by atoms with Crippen molar-refractivity contribution in [2.75, 3.05) is 26.3 Å². The molecule has 3 amide bonds. The van der Waals surface area contributed by atoms with Crippen molar-refractivity contribution in [2.24, 2.45) is 5.10 Å². The van der Waals surface area contributed by atoms with Gasteiger partial charge in [0, 0.05) is 12.7 Å². The van der Waals surface area contributed by atoms with Gasteiger partial charge in [-0.2, -0.15) is 18.3 Å². The molecule has 0 aliphatic carbocycles. The summed E-state index contributed by atoms with van der Waals surface area (Å²) in [6.07, 6.45) is -3.44. The lowest BCUT2D eigenvalue weighted by molar-refractivity contribution is -0.144. The third-order valence-corrected chi connectivity index (χ3v) is 5.79. The number of pyridine rings is 1. The van der Waals surface area contributed by atoms with Gasteiger partial charge in [-0.25, -0.2) is 9.80 Å². The highest BCUT2D eigenvalue weighted by Gasteiger charge is 2.38. The molecule has 180 valence electrons. The Labute approximate surface area is 194 Å². The number of ether oxygens (including phenoxy) is 1. The topological polar surface area (TPSA) is 87.1 Å². The quantitative estimate of drug-likeness (QED) is 0.736. The molecule has 0 spiro atoms. The molecule has 3 heterocycles. The van der Waals surface area contributed by atoms with Crippen molar-refractivity contribution < 1.29 is 27.5 Å². The molecule has 8 nitrogen and oxygen atoms in total. The minimum absolute atomic E-state index is 0.0260. The van der Waals surface area contributed by atoms with Crippen LogP contribution >= 0.6 is 0 Å². The van der Waals surface area contributed by atoms with Gasteiger partial charge in [0.05, 0.1) is 30.9 Å². The molecule has 0 unspecified atom stereocenters. The number of alkyl halides is 3. The third-order valence-electron chi connectivity index (χ3n) is 5.79. The molecular weight excluding hydrogens is 451 g/mol. The highest BCUT2D eigenvalue weighted by atomic mass is 19.4. The molecule has 1 aromatic carbocycles. The van der Waals surface area contributed by atoms with E-state index in [-0.39, 0.29) is 19.1 Å². The van der Waals surface area contributed by atoms with Crippen molar-refractivity contribution in [1.29, 1.82) is 0 Å². The van der Waals surface area contributed by atoms with Crippen molar-refractivity contribution in [1.82, 2.24) is 20.2 Å². The Kier molecular flexibility index (Phi) is 6.56. The number of amides is 3. The predicted octanol–water partition coefficient (Wildman–Crippen LogP) is 3.13. The standard InChI is InChI=1S/C23H24F3N5O3/c1-14-3-5-16(6-4-14)21-18(30-9-10-34-13-20(30)32)12-31(29-21)22(33)28-15(2)17-7-8-19(27-11-17)23(24,25)26/h3-8,11,15,18H,9-10,12-13H2,1-2H3,(H,28,33)/t15-,18-/m1/s1. The largest absolute Gasteiger partial charge is 0.433 e. The molecule has 2 aliphatic heterocycles. The summed E-state index contributed by atoms with van der Waals surface area (Å²) in [5.74, 6) is -0.178. The summed E-state index contributed by atoms with van der Waals surface area (Å²) >= 11 is 0. The number of aryl methyl sites for hydroxylation is 1. The van der Waals surface area contributed by atoms with Crippen LogP contribution in [0, 0.1) is 6.92 Å². The lowest BCUT2D eigenvalue weighted by Crippen LogP contribution is -2.52. The zero-order chi connectivity index (χ0) is 24.5. The minimum Gasteiger partial charge on any atom is -0.370 e. The Bertz CT molecular complexity index is 1090. The Hall–Kier alpha value is -3.47. The highest BCUT2D eigenvalue weighted by molar-refractivity contribution is 6.08. The summed E-state index contributed by atoms with van der Waals surface area (Å²) in [6, 6.07) is 8.23. The van der Waals surface area contributed by atoms with Crippen molar-refractivity contribution in [3.63, 3.8) is 0 Å². The minimum atomic E-state index is -4.53. The summed E-state index contributed by atoms with van der Waals surface area (Å²) < 4.78 is 43.5. The zero-order valence-corrected chi connectivity index (χ0v) is 18.7. The molecule has 1 aromatic heterocycles. The van der Waals surface area contributed by atoms with Crippen LogP contribution in [0.25, 0.3) is 0 Å². The number of benzene rings is 1. The van der Waals surface area contributed by atoms with Crippen molar-refractivity contribution in [3.05, 3.63) is 65.0 Å². The molecule has 11 heteroatoms. The van der Waals surface area contributed by atoms with E-state index in [1.54, 1.807) is 11.8 Å². The van der Waals surface area contributed by atoms with Gasteiger partial charge in [-0.1, -0.05) is 35.9 Å². The average molecular weight is 475 g/mol. The lowest BCUT2D eigenvalue weighted by Gasteiger charge is -2.33. The molecule has 1 fully saturated rings. The first-order chi connectivity index (χ1) is 16.1. The number of carbonyl (C=O) groups is 2. The number of nitrogens with zero attached hydrogens (tertiary/aromatic N) is 4. The summed E-state index contributed by atoms with van der Waals surface area (Å²) in [7, 11) is 0. The van der Waals surface area contributed by atoms with Crippen LogP contribution in [0.5, 0.6) is 0 Å². The van der Waals surface area contributed by atoms with Crippen LogP contribution in [-0.2, 0) is 15.7 Å². The summed E-state index contributed by atoms with van der Waals surface area (Å²) in [5, 5.41) is 8.50. The van der Waals surface area contributed by atoms with E-state index in [0.29, 0.717) is 24.4 Å². The van der Waals surface area contributed by atoms with Crippen LogP contribution in [0.3, 0.4) is 0 Å². The fourth-order valence-corrected chi connectivity index (χ4v) is 3.87. The van der Waals surface area contributed by atoms with Crippen LogP contribution in [0.2, 0.25) is 0 Å². The molecule has 1 N–H and O–H groups in total. The number of hydrogen-bond acceptors (Lipinski definition) is 5. The van der Waals surface area contributed by atoms with E-state index in [1.807, 2.05) is 31.2 Å². The Morgan fingerprint density at radius 2 is 1.94 bits per heavy atom. The summed E-state index contributed by atoms with van der Waals surface area (Å²) in [4.78, 5) is 30.6. The predicted molar refractivity (Wildman–Crippen MR) is 117 cm³/mol. The van der Waals surface area contributed by atoms with Gasteiger partial charge in [0.1, 0.15) is 12.3 Å². The smallest absolute Gasteiger partial charge is 0.370 e. The van der Waals surface area contributed by atoms with Gasteiger partial charge in [0.25, 0.3) is 0 Å². The second-order valence-electron chi connectivity index (χ2n) is 8.23. The van der Waals surface area contributed by atoms with Gasteiger partial charge < -0.3 is 15.0 Å². The van der Waals surface area contributed by atoms with E-state index < -0.39 is 30.0 Å². The zero-order valence-electron chi connectivity index (χ0n) is 18.7. The number of hydrazone groups is 1. The number of hydrogen-bond donors (Lipinski definition) is 1. The molecule has 2 aromatic rings. The van der Waals surface area contributed by atoms with Crippen LogP contribution in [0.15, 0.2) is 47.7 Å². The second kappa shape index (κ2) is 9.41. The Morgan fingerprint density at radius 1 is 1.21 bits per heavy atom. The monoisotopic (exact) mass is 475 g/mol. The molecular formula is C23H24F3N5O3. The summed E-state index contributed by atoms with van der Waals surface area (Å²) in [6.45, 7) is 4.51. The van der Waals surface area contributed by atoms with Gasteiger partial charge in [-0.15, -0.1) is 0 Å². The first kappa shape index (κ1) is 23.7. The Morgan fingerprint density at radius 3 is 2.56 bits per heavy atom. The first-order valence-corrected chi connectivity index (χ1v) is 10.8. The average Bonchev–Trinajstić information content (AvgIpc) is 3.25. The first-order valence-electron chi connectivity index (χ1n) is 10.8. The van der Waals surface area contributed by atoms with Crippen molar-refractivity contribution in [3.8, 4) is 0 Å². The van der Waals surface area contributed by atoms with Crippen LogP contribution < -0.4 is 5.32 Å². The van der Waals surface area contributed by atoms with Crippen LogP contribution in [-0.4, -0.2) is 64.9 Å². The number of urea groups is 1. The number of halogens is 3. The molecule has 2 aliphatic rings. The number of carbonyl (C=O) groups excluding carboxylic acids is 2. The highest BCUT2D eigenvalue weighted by Crippen LogP contribution is 2.28. The number of rotatable bonds is 4. The normalized spacial score (nSPS) is 19.7. The SMILES string of the molecule is Cc1ccc(C2=NN(C(=O)N[C@H](C)c3ccc(C(F)(F)F)nc3)C[C@H]2N2CCOCC2=O)cc1. The molecule has 0 radical (unpaired) electrons. The molecule has 0 saturated carbocycles. The van der Waals surface area contributed by atoms with Gasteiger partial charge in [-0.3, -0.25) is 9.78 Å².